The maximum absolute atomic E-state index is 4.28. The summed E-state index contributed by atoms with van der Waals surface area (Å²) in [7, 11) is 0. The fraction of sp³-hybridized carbons (Fsp3) is 0.583. The van der Waals surface area contributed by atoms with E-state index in [4.69, 9.17) is 0 Å². The van der Waals surface area contributed by atoms with Crippen LogP contribution in [0.3, 0.4) is 0 Å². The molecule has 0 N–H and O–H groups in total. The number of likely N-dealkylation sites (tertiary alicyclic amines) is 1. The van der Waals surface area contributed by atoms with E-state index in [-0.39, 0.29) is 0 Å². The minimum Gasteiger partial charge on any atom is -0.303 e. The van der Waals surface area contributed by atoms with E-state index in [1.165, 1.54) is 38.9 Å². The number of aryl methyl sites for hydroxylation is 1. The number of hydrogen-bond donors (Lipinski definition) is 0. The largest absolute Gasteiger partial charge is 0.303 e. The summed E-state index contributed by atoms with van der Waals surface area (Å²) in [6, 6.07) is 0. The first-order valence-electron chi connectivity index (χ1n) is 5.76. The van der Waals surface area contributed by atoms with Crippen molar-refractivity contribution in [2.24, 2.45) is 0 Å². The normalized spacial score (nSPS) is 17.1. The van der Waals surface area contributed by atoms with Crippen LogP contribution in [0.2, 0.25) is 0 Å². The number of hydrogen-bond acceptors (Lipinski definition) is 2. The molecular formula is C12H19N3. The molecule has 3 heteroatoms. The van der Waals surface area contributed by atoms with Gasteiger partial charge in [-0.05, 0) is 38.9 Å². The molecule has 1 aliphatic rings. The zero-order valence-corrected chi connectivity index (χ0v) is 9.23. The Hall–Kier alpha value is -1.09. The van der Waals surface area contributed by atoms with Crippen LogP contribution in [0.25, 0.3) is 6.08 Å². The Morgan fingerprint density at radius 3 is 2.80 bits per heavy atom. The fourth-order valence-corrected chi connectivity index (χ4v) is 2.07. The molecule has 82 valence electrons. The fourth-order valence-electron chi connectivity index (χ4n) is 2.07. The predicted molar refractivity (Wildman–Crippen MR) is 62.6 cm³/mol. The third-order valence-corrected chi connectivity index (χ3v) is 2.95. The first kappa shape index (κ1) is 10.4. The van der Waals surface area contributed by atoms with Gasteiger partial charge in [0, 0.05) is 18.3 Å². The van der Waals surface area contributed by atoms with Gasteiger partial charge in [0.05, 0.1) is 6.20 Å². The smallest absolute Gasteiger partial charge is 0.0562 e. The summed E-state index contributed by atoms with van der Waals surface area (Å²) in [6.07, 6.45) is 9.70. The predicted octanol–water partition coefficient (Wildman–Crippen LogP) is 2.01. The van der Waals surface area contributed by atoms with Crippen molar-refractivity contribution in [3.8, 4) is 0 Å². The highest BCUT2D eigenvalue weighted by atomic mass is 15.3. The minimum absolute atomic E-state index is 1.02. The van der Waals surface area contributed by atoms with Gasteiger partial charge in [-0.3, -0.25) is 4.68 Å². The average Bonchev–Trinajstić information content (AvgIpc) is 2.88. The average molecular weight is 205 g/mol. The van der Waals surface area contributed by atoms with E-state index in [0.29, 0.717) is 0 Å². The van der Waals surface area contributed by atoms with E-state index in [1.54, 1.807) is 0 Å². The second-order valence-electron chi connectivity index (χ2n) is 4.14. The van der Waals surface area contributed by atoms with Crippen LogP contribution in [0.4, 0.5) is 0 Å². The topological polar surface area (TPSA) is 21.1 Å². The molecule has 15 heavy (non-hydrogen) atoms. The van der Waals surface area contributed by atoms with Gasteiger partial charge in [-0.15, -0.1) is 0 Å². The molecule has 1 fully saturated rings. The molecule has 2 rings (SSSR count). The minimum atomic E-state index is 1.02. The van der Waals surface area contributed by atoms with Crippen LogP contribution in [-0.2, 0) is 6.54 Å². The van der Waals surface area contributed by atoms with Crippen molar-refractivity contribution in [3.63, 3.8) is 0 Å². The molecule has 0 bridgehead atoms. The van der Waals surface area contributed by atoms with Crippen LogP contribution in [0, 0.1) is 0 Å². The van der Waals surface area contributed by atoms with Gasteiger partial charge < -0.3 is 4.90 Å². The molecule has 3 nitrogen and oxygen atoms in total. The quantitative estimate of drug-likeness (QED) is 0.733. The van der Waals surface area contributed by atoms with Gasteiger partial charge in [0.15, 0.2) is 0 Å². The summed E-state index contributed by atoms with van der Waals surface area (Å²) in [5.41, 5.74) is 1.11. The highest BCUT2D eigenvalue weighted by Gasteiger charge is 2.10. The van der Waals surface area contributed by atoms with Crippen LogP contribution in [0.1, 0.15) is 24.8 Å². The van der Waals surface area contributed by atoms with Crippen LogP contribution < -0.4 is 0 Å². The summed E-state index contributed by atoms with van der Waals surface area (Å²) in [5.74, 6) is 0. The van der Waals surface area contributed by atoms with E-state index in [9.17, 15) is 0 Å². The highest BCUT2D eigenvalue weighted by Crippen LogP contribution is 2.08. The Morgan fingerprint density at radius 1 is 1.33 bits per heavy atom. The first-order valence-corrected chi connectivity index (χ1v) is 5.76. The molecule has 0 atom stereocenters. The number of nitrogens with zero attached hydrogens (tertiary/aromatic N) is 3. The second-order valence-corrected chi connectivity index (χ2v) is 4.14. The standard InChI is InChI=1S/C12H19N3/c1-2-12-10-13-15(11-12)9-5-8-14-6-3-4-7-14/h2,10-11H,1,3-9H2. The molecule has 1 saturated heterocycles. The van der Waals surface area contributed by atoms with Gasteiger partial charge in [0.25, 0.3) is 0 Å². The summed E-state index contributed by atoms with van der Waals surface area (Å²) in [6.45, 7) is 8.53. The molecule has 0 radical (unpaired) electrons. The lowest BCUT2D eigenvalue weighted by molar-refractivity contribution is 0.322. The molecular weight excluding hydrogens is 186 g/mol. The summed E-state index contributed by atoms with van der Waals surface area (Å²) in [4.78, 5) is 2.54. The third kappa shape index (κ3) is 2.93. The Kier molecular flexibility index (Phi) is 3.56. The second kappa shape index (κ2) is 5.12. The molecule has 0 amide bonds. The van der Waals surface area contributed by atoms with Gasteiger partial charge in [-0.1, -0.05) is 12.7 Å². The molecule has 0 unspecified atom stereocenters. The van der Waals surface area contributed by atoms with Gasteiger partial charge in [-0.25, -0.2) is 0 Å². The van der Waals surface area contributed by atoms with Crippen LogP contribution in [-0.4, -0.2) is 34.3 Å². The van der Waals surface area contributed by atoms with E-state index in [2.05, 4.69) is 22.8 Å². The van der Waals surface area contributed by atoms with E-state index in [1.807, 2.05) is 17.0 Å². The van der Waals surface area contributed by atoms with Gasteiger partial charge in [-0.2, -0.15) is 5.10 Å². The SMILES string of the molecule is C=Cc1cnn(CCCN2CCCC2)c1. The Balaban J connectivity index is 1.70. The van der Waals surface area contributed by atoms with Crippen LogP contribution >= 0.6 is 0 Å². The zero-order valence-electron chi connectivity index (χ0n) is 9.23. The Bertz CT molecular complexity index is 310. The van der Waals surface area contributed by atoms with Gasteiger partial charge in [0.1, 0.15) is 0 Å². The molecule has 1 aliphatic heterocycles. The maximum atomic E-state index is 4.28. The number of aromatic nitrogens is 2. The lowest BCUT2D eigenvalue weighted by Crippen LogP contribution is -2.21. The highest BCUT2D eigenvalue weighted by molar-refractivity contribution is 5.43. The van der Waals surface area contributed by atoms with Gasteiger partial charge >= 0.3 is 0 Å². The van der Waals surface area contributed by atoms with Crippen molar-refractivity contribution in [2.45, 2.75) is 25.8 Å². The number of rotatable bonds is 5. The lowest BCUT2D eigenvalue weighted by atomic mass is 10.3. The molecule has 0 saturated carbocycles. The third-order valence-electron chi connectivity index (χ3n) is 2.95. The van der Waals surface area contributed by atoms with Crippen LogP contribution in [0.5, 0.6) is 0 Å². The van der Waals surface area contributed by atoms with Crippen LogP contribution in [0.15, 0.2) is 19.0 Å². The van der Waals surface area contributed by atoms with E-state index >= 15 is 0 Å². The lowest BCUT2D eigenvalue weighted by Gasteiger charge is -2.13. The molecule has 0 spiro atoms. The van der Waals surface area contributed by atoms with Crippen molar-refractivity contribution in [2.75, 3.05) is 19.6 Å². The van der Waals surface area contributed by atoms with Gasteiger partial charge in [0.2, 0.25) is 0 Å². The van der Waals surface area contributed by atoms with Crippen molar-refractivity contribution < 1.29 is 0 Å². The maximum Gasteiger partial charge on any atom is 0.0562 e. The molecule has 2 heterocycles. The zero-order chi connectivity index (χ0) is 10.5. The van der Waals surface area contributed by atoms with E-state index < -0.39 is 0 Å². The monoisotopic (exact) mass is 205 g/mol. The Morgan fingerprint density at radius 2 is 2.13 bits per heavy atom. The van der Waals surface area contributed by atoms with Crippen molar-refractivity contribution in [1.82, 2.24) is 14.7 Å². The summed E-state index contributed by atoms with van der Waals surface area (Å²) >= 11 is 0. The molecule has 1 aromatic rings. The Labute approximate surface area is 91.4 Å². The summed E-state index contributed by atoms with van der Waals surface area (Å²) < 4.78 is 2.01. The van der Waals surface area contributed by atoms with Crippen molar-refractivity contribution >= 4 is 6.08 Å². The van der Waals surface area contributed by atoms with E-state index in [0.717, 1.165) is 12.1 Å². The molecule has 0 aliphatic carbocycles. The first-order chi connectivity index (χ1) is 7.38. The summed E-state index contributed by atoms with van der Waals surface area (Å²) in [5, 5.41) is 4.28. The molecule has 1 aromatic heterocycles. The van der Waals surface area contributed by atoms with Crippen molar-refractivity contribution in [1.29, 1.82) is 0 Å². The van der Waals surface area contributed by atoms with Crippen molar-refractivity contribution in [3.05, 3.63) is 24.5 Å². The molecule has 0 aromatic carbocycles.